The summed E-state index contributed by atoms with van der Waals surface area (Å²) in [6, 6.07) is 1.93. The number of nitrogens with two attached hydrogens (primary N) is 1. The van der Waals surface area contributed by atoms with Crippen molar-refractivity contribution in [2.45, 2.75) is 32.2 Å². The fourth-order valence-corrected chi connectivity index (χ4v) is 3.69. The summed E-state index contributed by atoms with van der Waals surface area (Å²) in [5.41, 5.74) is 5.18. The number of carbonyl (C=O) groups is 1. The standard InChI is InChI=1S/C14H19N5OS/c1-2-10-7-11-12(16-8-17-13(11)21-10)19-5-3-9(4-6-19)18-14(15)20/h7-9H,2-6H2,1H3,(H3,15,18,20). The third kappa shape index (κ3) is 2.92. The van der Waals surface area contributed by atoms with E-state index in [1.165, 1.54) is 4.88 Å². The minimum atomic E-state index is -0.441. The number of fused-ring (bicyclic) bond motifs is 1. The lowest BCUT2D eigenvalue weighted by Crippen LogP contribution is -2.46. The van der Waals surface area contributed by atoms with Crippen LogP contribution in [0.3, 0.4) is 0 Å². The topological polar surface area (TPSA) is 84.1 Å². The number of urea groups is 1. The predicted molar refractivity (Wildman–Crippen MR) is 84.7 cm³/mol. The third-order valence-corrected chi connectivity index (χ3v) is 5.04. The molecule has 1 fully saturated rings. The minimum Gasteiger partial charge on any atom is -0.356 e. The molecule has 21 heavy (non-hydrogen) atoms. The number of piperidine rings is 1. The lowest BCUT2D eigenvalue weighted by molar-refractivity contribution is 0.242. The Balaban J connectivity index is 1.79. The highest BCUT2D eigenvalue weighted by atomic mass is 32.1. The molecule has 0 atom stereocenters. The SMILES string of the molecule is CCc1cc2c(N3CCC(NC(N)=O)CC3)ncnc2s1. The van der Waals surface area contributed by atoms with Gasteiger partial charge in [-0.15, -0.1) is 11.3 Å². The molecule has 7 heteroatoms. The number of amides is 2. The Morgan fingerprint density at radius 3 is 2.90 bits per heavy atom. The first-order chi connectivity index (χ1) is 10.2. The van der Waals surface area contributed by atoms with Gasteiger partial charge in [0.15, 0.2) is 0 Å². The number of hydrogen-bond donors (Lipinski definition) is 2. The Hall–Kier alpha value is -1.89. The van der Waals surface area contributed by atoms with Crippen LogP contribution in [0.25, 0.3) is 10.2 Å². The van der Waals surface area contributed by atoms with Gasteiger partial charge in [-0.3, -0.25) is 0 Å². The number of carbonyl (C=O) groups excluding carboxylic acids is 1. The molecule has 0 aliphatic carbocycles. The number of aryl methyl sites for hydroxylation is 1. The summed E-state index contributed by atoms with van der Waals surface area (Å²) in [6.45, 7) is 3.89. The molecular formula is C14H19N5OS. The van der Waals surface area contributed by atoms with E-state index in [2.05, 4.69) is 33.2 Å². The number of hydrogen-bond acceptors (Lipinski definition) is 5. The van der Waals surface area contributed by atoms with Crippen molar-refractivity contribution in [3.05, 3.63) is 17.3 Å². The number of primary amides is 1. The summed E-state index contributed by atoms with van der Waals surface area (Å²) in [5, 5.41) is 3.93. The van der Waals surface area contributed by atoms with E-state index in [4.69, 9.17) is 5.73 Å². The lowest BCUT2D eigenvalue weighted by Gasteiger charge is -2.33. The van der Waals surface area contributed by atoms with E-state index in [0.29, 0.717) is 0 Å². The van der Waals surface area contributed by atoms with E-state index in [-0.39, 0.29) is 6.04 Å². The molecule has 1 aliphatic rings. The fourth-order valence-electron chi connectivity index (χ4n) is 2.76. The quantitative estimate of drug-likeness (QED) is 0.907. The van der Waals surface area contributed by atoms with Crippen molar-refractivity contribution in [3.63, 3.8) is 0 Å². The average molecular weight is 305 g/mol. The van der Waals surface area contributed by atoms with Crippen LogP contribution in [0, 0.1) is 0 Å². The number of rotatable bonds is 3. The monoisotopic (exact) mass is 305 g/mol. The second-order valence-corrected chi connectivity index (χ2v) is 6.37. The first-order valence-electron chi connectivity index (χ1n) is 7.21. The summed E-state index contributed by atoms with van der Waals surface area (Å²) in [5.74, 6) is 1.01. The molecule has 3 heterocycles. The largest absolute Gasteiger partial charge is 0.356 e. The van der Waals surface area contributed by atoms with Gasteiger partial charge in [-0.25, -0.2) is 14.8 Å². The van der Waals surface area contributed by atoms with Crippen LogP contribution in [0.2, 0.25) is 0 Å². The first-order valence-corrected chi connectivity index (χ1v) is 8.03. The van der Waals surface area contributed by atoms with E-state index in [1.54, 1.807) is 17.7 Å². The summed E-state index contributed by atoms with van der Waals surface area (Å²) in [7, 11) is 0. The maximum Gasteiger partial charge on any atom is 0.312 e. The summed E-state index contributed by atoms with van der Waals surface area (Å²) < 4.78 is 0. The van der Waals surface area contributed by atoms with Crippen LogP contribution in [0.1, 0.15) is 24.6 Å². The average Bonchev–Trinajstić information content (AvgIpc) is 2.90. The van der Waals surface area contributed by atoms with Crippen LogP contribution in [0.4, 0.5) is 10.6 Å². The molecule has 2 aromatic rings. The molecule has 3 N–H and O–H groups in total. The maximum atomic E-state index is 10.9. The van der Waals surface area contributed by atoms with Crippen LogP contribution >= 0.6 is 11.3 Å². The fraction of sp³-hybridized carbons (Fsp3) is 0.500. The van der Waals surface area contributed by atoms with E-state index in [1.807, 2.05) is 0 Å². The highest BCUT2D eigenvalue weighted by Gasteiger charge is 2.22. The number of thiophene rings is 1. The summed E-state index contributed by atoms with van der Waals surface area (Å²) >= 11 is 1.73. The lowest BCUT2D eigenvalue weighted by atomic mass is 10.1. The van der Waals surface area contributed by atoms with Crippen molar-refractivity contribution >= 4 is 33.4 Å². The molecule has 0 radical (unpaired) electrons. The van der Waals surface area contributed by atoms with Gasteiger partial charge in [0.2, 0.25) is 0 Å². The van der Waals surface area contributed by atoms with Crippen molar-refractivity contribution < 1.29 is 4.79 Å². The van der Waals surface area contributed by atoms with Crippen molar-refractivity contribution in [2.75, 3.05) is 18.0 Å². The second-order valence-electron chi connectivity index (χ2n) is 5.25. The van der Waals surface area contributed by atoms with Crippen molar-refractivity contribution in [1.82, 2.24) is 15.3 Å². The third-order valence-electron chi connectivity index (χ3n) is 3.85. The summed E-state index contributed by atoms with van der Waals surface area (Å²) in [6.07, 6.45) is 4.44. The van der Waals surface area contributed by atoms with Crippen LogP contribution in [0.15, 0.2) is 12.4 Å². The van der Waals surface area contributed by atoms with E-state index in [9.17, 15) is 4.79 Å². The van der Waals surface area contributed by atoms with Gasteiger partial charge in [-0.1, -0.05) is 6.92 Å². The van der Waals surface area contributed by atoms with Crippen LogP contribution in [0.5, 0.6) is 0 Å². The van der Waals surface area contributed by atoms with E-state index in [0.717, 1.165) is 48.4 Å². The molecule has 112 valence electrons. The first kappa shape index (κ1) is 14.1. The maximum absolute atomic E-state index is 10.9. The van der Waals surface area contributed by atoms with Gasteiger partial charge in [0.05, 0.1) is 5.39 Å². The Labute approximate surface area is 127 Å². The molecule has 2 aromatic heterocycles. The van der Waals surface area contributed by atoms with Crippen molar-refractivity contribution in [1.29, 1.82) is 0 Å². The molecule has 0 aromatic carbocycles. The molecule has 0 saturated carbocycles. The molecule has 0 bridgehead atoms. The Kier molecular flexibility index (Phi) is 3.92. The van der Waals surface area contributed by atoms with Crippen LogP contribution in [-0.4, -0.2) is 35.1 Å². The van der Waals surface area contributed by atoms with Gasteiger partial charge >= 0.3 is 6.03 Å². The van der Waals surface area contributed by atoms with Crippen molar-refractivity contribution in [2.24, 2.45) is 5.73 Å². The molecular weight excluding hydrogens is 286 g/mol. The van der Waals surface area contributed by atoms with Crippen LogP contribution < -0.4 is 16.0 Å². The van der Waals surface area contributed by atoms with Gasteiger partial charge in [0, 0.05) is 24.0 Å². The van der Waals surface area contributed by atoms with Gasteiger partial charge in [-0.05, 0) is 25.3 Å². The molecule has 1 aliphatic heterocycles. The Morgan fingerprint density at radius 1 is 1.48 bits per heavy atom. The molecule has 0 unspecified atom stereocenters. The van der Waals surface area contributed by atoms with Gasteiger partial charge < -0.3 is 16.0 Å². The van der Waals surface area contributed by atoms with Crippen molar-refractivity contribution in [3.8, 4) is 0 Å². The van der Waals surface area contributed by atoms with E-state index < -0.39 is 6.03 Å². The number of anilines is 1. The number of nitrogens with zero attached hydrogens (tertiary/aromatic N) is 3. The predicted octanol–water partition coefficient (Wildman–Crippen LogP) is 1.89. The molecule has 3 rings (SSSR count). The molecule has 0 spiro atoms. The summed E-state index contributed by atoms with van der Waals surface area (Å²) in [4.78, 5) is 24.4. The zero-order valence-electron chi connectivity index (χ0n) is 12.0. The smallest absolute Gasteiger partial charge is 0.312 e. The molecule has 2 amide bonds. The highest BCUT2D eigenvalue weighted by Crippen LogP contribution is 2.31. The highest BCUT2D eigenvalue weighted by molar-refractivity contribution is 7.18. The normalized spacial score (nSPS) is 16.3. The van der Waals surface area contributed by atoms with Gasteiger partial charge in [0.25, 0.3) is 0 Å². The molecule has 6 nitrogen and oxygen atoms in total. The number of nitrogens with one attached hydrogen (secondary N) is 1. The van der Waals surface area contributed by atoms with Gasteiger partial charge in [0.1, 0.15) is 17.0 Å². The van der Waals surface area contributed by atoms with E-state index >= 15 is 0 Å². The number of aromatic nitrogens is 2. The van der Waals surface area contributed by atoms with Crippen LogP contribution in [-0.2, 0) is 6.42 Å². The Bertz CT molecular complexity index is 648. The molecule has 1 saturated heterocycles. The Morgan fingerprint density at radius 2 is 2.24 bits per heavy atom. The zero-order valence-corrected chi connectivity index (χ0v) is 12.8. The zero-order chi connectivity index (χ0) is 14.8. The minimum absolute atomic E-state index is 0.171. The van der Waals surface area contributed by atoms with Gasteiger partial charge in [-0.2, -0.15) is 0 Å². The second kappa shape index (κ2) is 5.85.